The number of aromatic nitrogens is 3. The van der Waals surface area contributed by atoms with E-state index in [0.29, 0.717) is 39.3 Å². The summed E-state index contributed by atoms with van der Waals surface area (Å²) in [6.45, 7) is 5.46. The number of rotatable bonds is 2. The molecule has 7 heteroatoms. The number of benzene rings is 1. The molecule has 0 saturated carbocycles. The van der Waals surface area contributed by atoms with Crippen molar-refractivity contribution in [2.75, 3.05) is 0 Å². The van der Waals surface area contributed by atoms with Crippen LogP contribution in [0.1, 0.15) is 27.3 Å². The average Bonchev–Trinajstić information content (AvgIpc) is 2.87. The molecule has 0 atom stereocenters. The van der Waals surface area contributed by atoms with E-state index in [1.165, 1.54) is 6.07 Å². The standard InChI is InChI=1S/C20H17N3O4/c1-10-7-17(24)27-16-9-13(5-6-14(10)16)26-20(25)15-8-11(2)21-19-18(15)12(3)22-23(19)4/h5-9H,1-4H3. The lowest BCUT2D eigenvalue weighted by atomic mass is 10.1. The molecule has 1 aromatic carbocycles. The number of aryl methyl sites for hydroxylation is 4. The third-order valence-electron chi connectivity index (χ3n) is 4.45. The van der Waals surface area contributed by atoms with Crippen LogP contribution in [0.15, 0.2) is 39.5 Å². The minimum atomic E-state index is -0.518. The minimum Gasteiger partial charge on any atom is -0.423 e. The second-order valence-electron chi connectivity index (χ2n) is 6.51. The normalized spacial score (nSPS) is 11.3. The van der Waals surface area contributed by atoms with E-state index < -0.39 is 11.6 Å². The first-order valence-corrected chi connectivity index (χ1v) is 8.41. The highest BCUT2D eigenvalue weighted by molar-refractivity contribution is 6.04. The van der Waals surface area contributed by atoms with Crippen LogP contribution in [0.2, 0.25) is 0 Å². The van der Waals surface area contributed by atoms with Crippen molar-refractivity contribution in [2.24, 2.45) is 7.05 Å². The van der Waals surface area contributed by atoms with Gasteiger partial charge in [0.05, 0.1) is 16.6 Å². The summed E-state index contributed by atoms with van der Waals surface area (Å²) in [4.78, 5) is 28.9. The smallest absolute Gasteiger partial charge is 0.344 e. The number of hydrogen-bond donors (Lipinski definition) is 0. The Balaban J connectivity index is 1.78. The molecule has 136 valence electrons. The monoisotopic (exact) mass is 363 g/mol. The predicted octanol–water partition coefficient (Wildman–Crippen LogP) is 3.22. The summed E-state index contributed by atoms with van der Waals surface area (Å²) in [7, 11) is 1.78. The van der Waals surface area contributed by atoms with Gasteiger partial charge in [0.25, 0.3) is 0 Å². The van der Waals surface area contributed by atoms with Gasteiger partial charge in [-0.3, -0.25) is 4.68 Å². The third kappa shape index (κ3) is 2.87. The van der Waals surface area contributed by atoms with Crippen LogP contribution in [-0.4, -0.2) is 20.7 Å². The fourth-order valence-corrected chi connectivity index (χ4v) is 3.26. The maximum absolute atomic E-state index is 12.8. The summed E-state index contributed by atoms with van der Waals surface area (Å²) >= 11 is 0. The number of nitrogens with zero attached hydrogens (tertiary/aromatic N) is 3. The van der Waals surface area contributed by atoms with Crippen LogP contribution in [0, 0.1) is 20.8 Å². The fraction of sp³-hybridized carbons (Fsp3) is 0.200. The van der Waals surface area contributed by atoms with E-state index in [9.17, 15) is 9.59 Å². The van der Waals surface area contributed by atoms with E-state index >= 15 is 0 Å². The van der Waals surface area contributed by atoms with E-state index in [1.54, 1.807) is 36.0 Å². The van der Waals surface area contributed by atoms with Gasteiger partial charge in [0.15, 0.2) is 5.65 Å². The predicted molar refractivity (Wildman–Crippen MR) is 100 cm³/mol. The SMILES string of the molecule is Cc1cc(C(=O)Oc2ccc3c(C)cc(=O)oc3c2)c2c(C)nn(C)c2n1. The Morgan fingerprint density at radius 1 is 1.15 bits per heavy atom. The Labute approximate surface area is 154 Å². The van der Waals surface area contributed by atoms with Crippen molar-refractivity contribution in [3.05, 3.63) is 63.3 Å². The minimum absolute atomic E-state index is 0.297. The van der Waals surface area contributed by atoms with E-state index in [1.807, 2.05) is 20.8 Å². The number of pyridine rings is 1. The van der Waals surface area contributed by atoms with E-state index in [0.717, 1.165) is 10.9 Å². The molecule has 7 nitrogen and oxygen atoms in total. The fourth-order valence-electron chi connectivity index (χ4n) is 3.26. The summed E-state index contributed by atoms with van der Waals surface area (Å²) in [6.07, 6.45) is 0. The Morgan fingerprint density at radius 2 is 1.93 bits per heavy atom. The lowest BCUT2D eigenvalue weighted by molar-refractivity contribution is 0.0736. The summed E-state index contributed by atoms with van der Waals surface area (Å²) in [5.74, 6) is -0.221. The molecule has 3 aromatic heterocycles. The molecule has 4 aromatic rings. The molecule has 0 aliphatic carbocycles. The van der Waals surface area contributed by atoms with Gasteiger partial charge in [0, 0.05) is 30.3 Å². The molecule has 0 radical (unpaired) electrons. The van der Waals surface area contributed by atoms with Crippen molar-refractivity contribution in [2.45, 2.75) is 20.8 Å². The molecule has 27 heavy (non-hydrogen) atoms. The molecule has 0 aliphatic rings. The average molecular weight is 363 g/mol. The van der Waals surface area contributed by atoms with Crippen molar-refractivity contribution < 1.29 is 13.9 Å². The quantitative estimate of drug-likeness (QED) is 0.309. The zero-order chi connectivity index (χ0) is 19.3. The van der Waals surface area contributed by atoms with E-state index in [2.05, 4.69) is 10.1 Å². The van der Waals surface area contributed by atoms with E-state index in [-0.39, 0.29) is 0 Å². The van der Waals surface area contributed by atoms with Gasteiger partial charge in [-0.05, 0) is 44.5 Å². The molecule has 0 saturated heterocycles. The number of carbonyl (C=O) groups is 1. The second kappa shape index (κ2) is 6.05. The second-order valence-corrected chi connectivity index (χ2v) is 6.51. The van der Waals surface area contributed by atoms with Gasteiger partial charge in [0.2, 0.25) is 0 Å². The topological polar surface area (TPSA) is 87.2 Å². The zero-order valence-corrected chi connectivity index (χ0v) is 15.4. The van der Waals surface area contributed by atoms with Crippen molar-refractivity contribution in [1.29, 1.82) is 0 Å². The maximum Gasteiger partial charge on any atom is 0.344 e. The van der Waals surface area contributed by atoms with Crippen molar-refractivity contribution in [1.82, 2.24) is 14.8 Å². The van der Waals surface area contributed by atoms with Crippen molar-refractivity contribution >= 4 is 28.0 Å². The van der Waals surface area contributed by atoms with Crippen LogP contribution in [0.5, 0.6) is 5.75 Å². The number of esters is 1. The molecular formula is C20H17N3O4. The van der Waals surface area contributed by atoms with Crippen LogP contribution in [0.25, 0.3) is 22.0 Å². The number of fused-ring (bicyclic) bond motifs is 2. The Bertz CT molecular complexity index is 1280. The van der Waals surface area contributed by atoms with Crippen LogP contribution in [0.4, 0.5) is 0 Å². The first-order valence-electron chi connectivity index (χ1n) is 8.41. The summed E-state index contributed by atoms with van der Waals surface area (Å²) in [5, 5.41) is 5.79. The molecule has 0 bridgehead atoms. The Kier molecular flexibility index (Phi) is 3.80. The number of ether oxygens (including phenoxy) is 1. The lowest BCUT2D eigenvalue weighted by Gasteiger charge is -2.08. The summed E-state index contributed by atoms with van der Waals surface area (Å²) in [5.41, 5.74) is 3.15. The highest BCUT2D eigenvalue weighted by Gasteiger charge is 2.19. The molecule has 0 N–H and O–H groups in total. The Morgan fingerprint density at radius 3 is 2.70 bits per heavy atom. The molecule has 0 fully saturated rings. The van der Waals surface area contributed by atoms with Gasteiger partial charge in [-0.25, -0.2) is 14.6 Å². The van der Waals surface area contributed by atoms with Gasteiger partial charge in [-0.1, -0.05) is 0 Å². The van der Waals surface area contributed by atoms with E-state index in [4.69, 9.17) is 9.15 Å². The summed E-state index contributed by atoms with van der Waals surface area (Å²) in [6, 6.07) is 8.09. The molecule has 0 unspecified atom stereocenters. The Hall–Kier alpha value is -3.48. The zero-order valence-electron chi connectivity index (χ0n) is 15.4. The van der Waals surface area contributed by atoms with Crippen LogP contribution >= 0.6 is 0 Å². The number of carbonyl (C=O) groups excluding carboxylic acids is 1. The molecule has 4 rings (SSSR count). The van der Waals surface area contributed by atoms with Crippen LogP contribution in [0.3, 0.4) is 0 Å². The van der Waals surface area contributed by atoms with Crippen LogP contribution < -0.4 is 10.4 Å². The highest BCUT2D eigenvalue weighted by atomic mass is 16.5. The van der Waals surface area contributed by atoms with Gasteiger partial charge in [-0.2, -0.15) is 5.10 Å². The molecule has 0 aliphatic heterocycles. The number of hydrogen-bond acceptors (Lipinski definition) is 6. The highest BCUT2D eigenvalue weighted by Crippen LogP contribution is 2.26. The van der Waals surface area contributed by atoms with Gasteiger partial charge in [0.1, 0.15) is 11.3 Å². The molecule has 0 spiro atoms. The largest absolute Gasteiger partial charge is 0.423 e. The van der Waals surface area contributed by atoms with Gasteiger partial charge >= 0.3 is 11.6 Å². The third-order valence-corrected chi connectivity index (χ3v) is 4.45. The first-order chi connectivity index (χ1) is 12.8. The molecule has 0 amide bonds. The molecular weight excluding hydrogens is 346 g/mol. The van der Waals surface area contributed by atoms with Crippen molar-refractivity contribution in [3.8, 4) is 5.75 Å². The lowest BCUT2D eigenvalue weighted by Crippen LogP contribution is -2.10. The summed E-state index contributed by atoms with van der Waals surface area (Å²) < 4.78 is 12.4. The van der Waals surface area contributed by atoms with Crippen molar-refractivity contribution in [3.63, 3.8) is 0 Å². The maximum atomic E-state index is 12.8. The first kappa shape index (κ1) is 17.0. The molecule has 3 heterocycles. The van der Waals surface area contributed by atoms with Gasteiger partial charge in [-0.15, -0.1) is 0 Å². The van der Waals surface area contributed by atoms with Crippen LogP contribution in [-0.2, 0) is 7.05 Å². The van der Waals surface area contributed by atoms with Gasteiger partial charge < -0.3 is 9.15 Å².